The van der Waals surface area contributed by atoms with Crippen LogP contribution in [0.4, 0.5) is 0 Å². The molecule has 1 atom stereocenters. The summed E-state index contributed by atoms with van der Waals surface area (Å²) < 4.78 is 1.85. The lowest BCUT2D eigenvalue weighted by atomic mass is 10.00. The molecule has 1 rings (SSSR count). The van der Waals surface area contributed by atoms with Gasteiger partial charge in [0.15, 0.2) is 5.82 Å². The number of aryl methyl sites for hydroxylation is 1. The molecule has 0 saturated heterocycles. The van der Waals surface area contributed by atoms with Crippen LogP contribution in [0, 0.1) is 0 Å². The van der Waals surface area contributed by atoms with Gasteiger partial charge in [0.2, 0.25) is 0 Å². The van der Waals surface area contributed by atoms with E-state index in [0.717, 1.165) is 12.2 Å². The molecule has 11 heavy (non-hydrogen) atoms. The Balaban J connectivity index is 3.00. The molecular weight excluding hydrogens is 140 g/mol. The summed E-state index contributed by atoms with van der Waals surface area (Å²) in [6.07, 6.45) is 2.52. The van der Waals surface area contributed by atoms with E-state index in [1.807, 2.05) is 25.5 Å². The van der Waals surface area contributed by atoms with E-state index in [4.69, 9.17) is 5.73 Å². The molecule has 1 heterocycles. The third-order valence-corrected chi connectivity index (χ3v) is 1.96. The summed E-state index contributed by atoms with van der Waals surface area (Å²) in [5.41, 5.74) is 5.60. The Morgan fingerprint density at radius 2 is 2.36 bits per heavy atom. The minimum atomic E-state index is -0.356. The van der Waals surface area contributed by atoms with Crippen LogP contribution in [-0.2, 0) is 12.6 Å². The minimum Gasteiger partial charge on any atom is -0.319 e. The maximum atomic E-state index is 5.96. The molecule has 0 fully saturated rings. The van der Waals surface area contributed by atoms with Gasteiger partial charge in [-0.3, -0.25) is 0 Å². The molecule has 4 nitrogen and oxygen atoms in total. The fraction of sp³-hybridized carbons (Fsp3) is 0.714. The first-order valence-electron chi connectivity index (χ1n) is 3.71. The monoisotopic (exact) mass is 154 g/mol. The molecule has 1 aromatic rings. The number of nitrogens with two attached hydrogens (primary N) is 1. The number of hydrogen-bond acceptors (Lipinski definition) is 3. The quantitative estimate of drug-likeness (QED) is 0.670. The molecule has 0 aliphatic rings. The maximum Gasteiger partial charge on any atom is 0.152 e. The Morgan fingerprint density at radius 3 is 2.73 bits per heavy atom. The van der Waals surface area contributed by atoms with Gasteiger partial charge in [-0.15, -0.1) is 10.2 Å². The maximum absolute atomic E-state index is 5.96. The SMILES string of the molecule is CCC(C)(N)c1nncn1C. The summed E-state index contributed by atoms with van der Waals surface area (Å²) in [4.78, 5) is 0. The molecule has 1 unspecified atom stereocenters. The Kier molecular flexibility index (Phi) is 1.95. The summed E-state index contributed by atoms with van der Waals surface area (Å²) in [5.74, 6) is 0.833. The Bertz CT molecular complexity index is 238. The molecule has 0 saturated carbocycles. The molecule has 0 bridgehead atoms. The van der Waals surface area contributed by atoms with Gasteiger partial charge in [-0.2, -0.15) is 0 Å². The van der Waals surface area contributed by atoms with Crippen LogP contribution in [0.3, 0.4) is 0 Å². The van der Waals surface area contributed by atoms with Crippen molar-refractivity contribution in [1.29, 1.82) is 0 Å². The normalized spacial score (nSPS) is 16.4. The van der Waals surface area contributed by atoms with E-state index in [0.29, 0.717) is 0 Å². The molecule has 1 aromatic heterocycles. The molecule has 0 aliphatic heterocycles. The van der Waals surface area contributed by atoms with Crippen molar-refractivity contribution in [3.8, 4) is 0 Å². The van der Waals surface area contributed by atoms with Gasteiger partial charge in [-0.05, 0) is 13.3 Å². The minimum absolute atomic E-state index is 0.356. The van der Waals surface area contributed by atoms with Gasteiger partial charge in [0.1, 0.15) is 6.33 Å². The van der Waals surface area contributed by atoms with E-state index in [-0.39, 0.29) is 5.54 Å². The second-order valence-electron chi connectivity index (χ2n) is 3.04. The first-order chi connectivity index (χ1) is 5.08. The summed E-state index contributed by atoms with van der Waals surface area (Å²) in [6, 6.07) is 0. The molecule has 62 valence electrons. The molecule has 0 radical (unpaired) electrons. The van der Waals surface area contributed by atoms with Crippen LogP contribution >= 0.6 is 0 Å². The predicted molar refractivity (Wildman–Crippen MR) is 42.8 cm³/mol. The Labute approximate surface area is 66.4 Å². The Morgan fingerprint density at radius 1 is 1.73 bits per heavy atom. The van der Waals surface area contributed by atoms with Crippen molar-refractivity contribution in [3.63, 3.8) is 0 Å². The van der Waals surface area contributed by atoms with Crippen molar-refractivity contribution in [2.24, 2.45) is 12.8 Å². The van der Waals surface area contributed by atoms with Gasteiger partial charge >= 0.3 is 0 Å². The van der Waals surface area contributed by atoms with Crippen molar-refractivity contribution in [2.45, 2.75) is 25.8 Å². The summed E-state index contributed by atoms with van der Waals surface area (Å²) >= 11 is 0. The summed E-state index contributed by atoms with van der Waals surface area (Å²) in [5, 5.41) is 7.72. The highest BCUT2D eigenvalue weighted by molar-refractivity contribution is 5.01. The van der Waals surface area contributed by atoms with Crippen LogP contribution in [0.2, 0.25) is 0 Å². The molecule has 0 spiro atoms. The lowest BCUT2D eigenvalue weighted by molar-refractivity contribution is 0.430. The van der Waals surface area contributed by atoms with Gasteiger partial charge < -0.3 is 10.3 Å². The number of nitrogens with zero attached hydrogens (tertiary/aromatic N) is 3. The number of hydrogen-bond donors (Lipinski definition) is 1. The smallest absolute Gasteiger partial charge is 0.152 e. The Hall–Kier alpha value is -0.900. The highest BCUT2D eigenvalue weighted by Gasteiger charge is 2.23. The van der Waals surface area contributed by atoms with Crippen molar-refractivity contribution in [2.75, 3.05) is 0 Å². The molecular formula is C7H14N4. The van der Waals surface area contributed by atoms with Gasteiger partial charge in [0.25, 0.3) is 0 Å². The molecule has 4 heteroatoms. The van der Waals surface area contributed by atoms with Crippen molar-refractivity contribution < 1.29 is 0 Å². The summed E-state index contributed by atoms with van der Waals surface area (Å²) in [6.45, 7) is 3.99. The van der Waals surface area contributed by atoms with Crippen LogP contribution in [0.15, 0.2) is 6.33 Å². The first-order valence-corrected chi connectivity index (χ1v) is 3.71. The van der Waals surface area contributed by atoms with E-state index in [9.17, 15) is 0 Å². The van der Waals surface area contributed by atoms with E-state index >= 15 is 0 Å². The third kappa shape index (κ3) is 1.40. The van der Waals surface area contributed by atoms with Crippen LogP contribution in [0.1, 0.15) is 26.1 Å². The third-order valence-electron chi connectivity index (χ3n) is 1.96. The fourth-order valence-electron chi connectivity index (χ4n) is 0.958. The lowest BCUT2D eigenvalue weighted by Gasteiger charge is -2.20. The topological polar surface area (TPSA) is 56.7 Å². The molecule has 0 amide bonds. The van der Waals surface area contributed by atoms with Crippen LogP contribution in [0.5, 0.6) is 0 Å². The van der Waals surface area contributed by atoms with E-state index in [1.54, 1.807) is 6.33 Å². The van der Waals surface area contributed by atoms with Gasteiger partial charge in [-0.25, -0.2) is 0 Å². The lowest BCUT2D eigenvalue weighted by Crippen LogP contribution is -2.35. The first kappa shape index (κ1) is 8.20. The fourth-order valence-corrected chi connectivity index (χ4v) is 0.958. The van der Waals surface area contributed by atoms with Crippen molar-refractivity contribution >= 4 is 0 Å². The second kappa shape index (κ2) is 2.62. The van der Waals surface area contributed by atoms with Gasteiger partial charge in [0, 0.05) is 7.05 Å². The molecule has 2 N–H and O–H groups in total. The highest BCUT2D eigenvalue weighted by Crippen LogP contribution is 2.17. The second-order valence-corrected chi connectivity index (χ2v) is 3.04. The molecule has 0 aliphatic carbocycles. The van der Waals surface area contributed by atoms with E-state index in [1.165, 1.54) is 0 Å². The zero-order valence-corrected chi connectivity index (χ0v) is 7.20. The van der Waals surface area contributed by atoms with Crippen molar-refractivity contribution in [3.05, 3.63) is 12.2 Å². The van der Waals surface area contributed by atoms with Gasteiger partial charge in [0.05, 0.1) is 5.54 Å². The standard InChI is InChI=1S/C7H14N4/c1-4-7(2,8)6-10-9-5-11(6)3/h5H,4,8H2,1-3H3. The van der Waals surface area contributed by atoms with Crippen LogP contribution in [0.25, 0.3) is 0 Å². The average molecular weight is 154 g/mol. The van der Waals surface area contributed by atoms with Gasteiger partial charge in [-0.1, -0.05) is 6.92 Å². The number of aromatic nitrogens is 3. The number of rotatable bonds is 2. The summed E-state index contributed by atoms with van der Waals surface area (Å²) in [7, 11) is 1.90. The van der Waals surface area contributed by atoms with E-state index < -0.39 is 0 Å². The average Bonchev–Trinajstić information content (AvgIpc) is 2.36. The molecule has 0 aromatic carbocycles. The predicted octanol–water partition coefficient (Wildman–Crippen LogP) is 0.399. The van der Waals surface area contributed by atoms with Crippen molar-refractivity contribution in [1.82, 2.24) is 14.8 Å². The zero-order chi connectivity index (χ0) is 8.48. The highest BCUT2D eigenvalue weighted by atomic mass is 15.3. The van der Waals surface area contributed by atoms with Crippen LogP contribution < -0.4 is 5.73 Å². The largest absolute Gasteiger partial charge is 0.319 e. The zero-order valence-electron chi connectivity index (χ0n) is 7.20. The van der Waals surface area contributed by atoms with E-state index in [2.05, 4.69) is 10.2 Å². The van der Waals surface area contributed by atoms with Crippen LogP contribution in [-0.4, -0.2) is 14.8 Å².